The number of aromatic nitrogens is 4. The molecule has 0 amide bonds. The van der Waals surface area contributed by atoms with E-state index in [4.69, 9.17) is 4.42 Å². The molecule has 3 aromatic rings. The summed E-state index contributed by atoms with van der Waals surface area (Å²) in [5.41, 5.74) is 1.78. The summed E-state index contributed by atoms with van der Waals surface area (Å²) < 4.78 is 31.1. The predicted octanol–water partition coefficient (Wildman–Crippen LogP) is 4.89. The van der Waals surface area contributed by atoms with Crippen LogP contribution in [-0.4, -0.2) is 20.2 Å². The molecule has 8 heteroatoms. The quantitative estimate of drug-likeness (QED) is 0.587. The lowest BCUT2D eigenvalue weighted by Gasteiger charge is -2.42. The Labute approximate surface area is 157 Å². The molecule has 0 N–H and O–H groups in total. The molecular formula is C18H15BrF2N4O. The lowest BCUT2D eigenvalue weighted by molar-refractivity contribution is 0.116. The fraction of sp³-hybridized carbons (Fsp3) is 0.333. The molecule has 5 nitrogen and oxygen atoms in total. The second-order valence-electron chi connectivity index (χ2n) is 6.45. The second-order valence-corrected chi connectivity index (χ2v) is 7.37. The van der Waals surface area contributed by atoms with Crippen molar-refractivity contribution in [2.24, 2.45) is 0 Å². The van der Waals surface area contributed by atoms with Crippen molar-refractivity contribution in [2.45, 2.75) is 37.5 Å². The molecule has 2 aromatic heterocycles. The van der Waals surface area contributed by atoms with Crippen LogP contribution >= 0.6 is 15.9 Å². The maximum absolute atomic E-state index is 12.5. The van der Waals surface area contributed by atoms with Gasteiger partial charge in [-0.05, 0) is 30.5 Å². The molecule has 0 spiro atoms. The SMILES string of the molecule is FC(F)c1nnc(-c2cnc(CC3(c4ccc(Br)cc4)CCC3)nc2)o1. The van der Waals surface area contributed by atoms with Crippen molar-refractivity contribution in [1.29, 1.82) is 0 Å². The van der Waals surface area contributed by atoms with Gasteiger partial charge in [-0.25, -0.2) is 9.97 Å². The molecule has 1 fully saturated rings. The highest BCUT2D eigenvalue weighted by Crippen LogP contribution is 2.46. The van der Waals surface area contributed by atoms with Gasteiger partial charge in [-0.1, -0.05) is 34.5 Å². The Morgan fingerprint density at radius 2 is 1.77 bits per heavy atom. The summed E-state index contributed by atoms with van der Waals surface area (Å²) in [6.45, 7) is 0. The molecule has 26 heavy (non-hydrogen) atoms. The normalized spacial score (nSPS) is 15.8. The molecular weight excluding hydrogens is 406 g/mol. The summed E-state index contributed by atoms with van der Waals surface area (Å²) >= 11 is 3.47. The van der Waals surface area contributed by atoms with E-state index in [1.165, 1.54) is 12.0 Å². The number of nitrogens with zero attached hydrogens (tertiary/aromatic N) is 4. The van der Waals surface area contributed by atoms with Crippen LogP contribution in [0.15, 0.2) is 45.5 Å². The van der Waals surface area contributed by atoms with Crippen LogP contribution in [0, 0.1) is 0 Å². The standard InChI is InChI=1S/C18H15BrF2N4O/c19-13-4-2-12(3-5-13)18(6-1-7-18)8-14-22-9-11(10-23-14)16-24-25-17(26-16)15(20)21/h2-5,9-10,15H,1,6-8H2. The van der Waals surface area contributed by atoms with Crippen LogP contribution in [0.1, 0.15) is 43.0 Å². The molecule has 0 aliphatic heterocycles. The zero-order valence-corrected chi connectivity index (χ0v) is 15.3. The Hall–Kier alpha value is -2.22. The van der Waals surface area contributed by atoms with E-state index in [1.807, 2.05) is 0 Å². The van der Waals surface area contributed by atoms with Gasteiger partial charge in [0.1, 0.15) is 5.82 Å². The minimum Gasteiger partial charge on any atom is -0.415 e. The fourth-order valence-electron chi connectivity index (χ4n) is 3.27. The zero-order valence-electron chi connectivity index (χ0n) is 13.7. The number of hydrogen-bond acceptors (Lipinski definition) is 5. The van der Waals surface area contributed by atoms with E-state index in [2.05, 4.69) is 60.4 Å². The Balaban J connectivity index is 1.54. The van der Waals surface area contributed by atoms with E-state index in [0.29, 0.717) is 11.4 Å². The number of alkyl halides is 2. The van der Waals surface area contributed by atoms with Crippen molar-refractivity contribution >= 4 is 15.9 Å². The number of rotatable bonds is 5. The number of hydrogen-bond donors (Lipinski definition) is 0. The van der Waals surface area contributed by atoms with Gasteiger partial charge in [-0.3, -0.25) is 0 Å². The highest BCUT2D eigenvalue weighted by molar-refractivity contribution is 9.10. The topological polar surface area (TPSA) is 64.7 Å². The second kappa shape index (κ2) is 6.83. The van der Waals surface area contributed by atoms with Crippen molar-refractivity contribution in [3.05, 3.63) is 58.4 Å². The number of halogens is 3. The van der Waals surface area contributed by atoms with Gasteiger partial charge in [-0.15, -0.1) is 10.2 Å². The van der Waals surface area contributed by atoms with Gasteiger partial charge in [-0.2, -0.15) is 8.78 Å². The lowest BCUT2D eigenvalue weighted by Crippen LogP contribution is -2.37. The zero-order chi connectivity index (χ0) is 18.1. The van der Waals surface area contributed by atoms with E-state index in [-0.39, 0.29) is 11.3 Å². The predicted molar refractivity (Wildman–Crippen MR) is 93.7 cm³/mol. The molecule has 1 aliphatic rings. The highest BCUT2D eigenvalue weighted by atomic mass is 79.9. The molecule has 1 aliphatic carbocycles. The Morgan fingerprint density at radius 1 is 1.08 bits per heavy atom. The van der Waals surface area contributed by atoms with Crippen molar-refractivity contribution in [2.75, 3.05) is 0 Å². The van der Waals surface area contributed by atoms with E-state index in [9.17, 15) is 8.78 Å². The lowest BCUT2D eigenvalue weighted by atomic mass is 9.62. The number of benzene rings is 1. The summed E-state index contributed by atoms with van der Waals surface area (Å²) in [7, 11) is 0. The van der Waals surface area contributed by atoms with Crippen LogP contribution in [0.2, 0.25) is 0 Å². The van der Waals surface area contributed by atoms with Crippen LogP contribution in [0.25, 0.3) is 11.5 Å². The average molecular weight is 421 g/mol. The largest absolute Gasteiger partial charge is 0.415 e. The van der Waals surface area contributed by atoms with Crippen molar-refractivity contribution in [3.8, 4) is 11.5 Å². The molecule has 1 aromatic carbocycles. The van der Waals surface area contributed by atoms with Crippen LogP contribution in [0.4, 0.5) is 8.78 Å². The van der Waals surface area contributed by atoms with E-state index in [0.717, 1.165) is 23.7 Å². The van der Waals surface area contributed by atoms with E-state index < -0.39 is 12.3 Å². The summed E-state index contributed by atoms with van der Waals surface area (Å²) in [4.78, 5) is 8.77. The summed E-state index contributed by atoms with van der Waals surface area (Å²) in [5.74, 6) is 0.0100. The monoisotopic (exact) mass is 420 g/mol. The van der Waals surface area contributed by atoms with E-state index in [1.54, 1.807) is 12.4 Å². The van der Waals surface area contributed by atoms with Gasteiger partial charge >= 0.3 is 6.43 Å². The maximum atomic E-state index is 12.5. The Kier molecular flexibility index (Phi) is 4.52. The minimum atomic E-state index is -2.79. The van der Waals surface area contributed by atoms with Crippen LogP contribution in [0.5, 0.6) is 0 Å². The van der Waals surface area contributed by atoms with Gasteiger partial charge in [0.2, 0.25) is 0 Å². The van der Waals surface area contributed by atoms with Crippen LogP contribution in [-0.2, 0) is 11.8 Å². The smallest absolute Gasteiger partial charge is 0.314 e. The molecule has 0 unspecified atom stereocenters. The molecule has 0 bridgehead atoms. The molecule has 2 heterocycles. The molecule has 0 radical (unpaired) electrons. The third kappa shape index (κ3) is 3.25. The third-order valence-electron chi connectivity index (χ3n) is 4.84. The Morgan fingerprint density at radius 3 is 2.31 bits per heavy atom. The van der Waals surface area contributed by atoms with Gasteiger partial charge < -0.3 is 4.42 Å². The molecule has 134 valence electrons. The van der Waals surface area contributed by atoms with Crippen molar-refractivity contribution < 1.29 is 13.2 Å². The maximum Gasteiger partial charge on any atom is 0.314 e. The van der Waals surface area contributed by atoms with Gasteiger partial charge in [0.25, 0.3) is 11.8 Å². The average Bonchev–Trinajstić information content (AvgIpc) is 3.10. The van der Waals surface area contributed by atoms with Crippen LogP contribution in [0.3, 0.4) is 0 Å². The summed E-state index contributed by atoms with van der Waals surface area (Å²) in [6.07, 6.45) is 4.41. The third-order valence-corrected chi connectivity index (χ3v) is 5.37. The molecule has 0 saturated heterocycles. The van der Waals surface area contributed by atoms with E-state index >= 15 is 0 Å². The van der Waals surface area contributed by atoms with Gasteiger partial charge in [0.05, 0.1) is 5.56 Å². The van der Waals surface area contributed by atoms with Crippen LogP contribution < -0.4 is 0 Å². The van der Waals surface area contributed by atoms with Gasteiger partial charge in [0.15, 0.2) is 0 Å². The Bertz CT molecular complexity index is 892. The molecule has 1 saturated carbocycles. The highest BCUT2D eigenvalue weighted by Gasteiger charge is 2.39. The van der Waals surface area contributed by atoms with Gasteiger partial charge in [0, 0.05) is 28.7 Å². The molecule has 0 atom stereocenters. The van der Waals surface area contributed by atoms with Crippen molar-refractivity contribution in [1.82, 2.24) is 20.2 Å². The first kappa shape index (κ1) is 17.2. The van der Waals surface area contributed by atoms with Crippen molar-refractivity contribution in [3.63, 3.8) is 0 Å². The first-order chi connectivity index (χ1) is 12.6. The first-order valence-electron chi connectivity index (χ1n) is 8.25. The first-order valence-corrected chi connectivity index (χ1v) is 9.04. The fourth-order valence-corrected chi connectivity index (χ4v) is 3.54. The summed E-state index contributed by atoms with van der Waals surface area (Å²) in [6, 6.07) is 8.38. The molecule has 4 rings (SSSR count). The summed E-state index contributed by atoms with van der Waals surface area (Å²) in [5, 5.41) is 6.93. The minimum absolute atomic E-state index is 0.00174.